The van der Waals surface area contributed by atoms with Crippen LogP contribution in [0.25, 0.3) is 0 Å². The summed E-state index contributed by atoms with van der Waals surface area (Å²) in [5.74, 6) is -0.914. The summed E-state index contributed by atoms with van der Waals surface area (Å²) in [4.78, 5) is 21.4. The Bertz CT molecular complexity index is 491. The summed E-state index contributed by atoms with van der Waals surface area (Å²) in [5, 5.41) is 20.5. The standard InChI is InChI=1S/C15H17NO4/c17-9-3-1-2-4-14(10-15(19)20)16-13-7-5-12(11-18)6-8-13/h1-8,11,14,16-17H,9-10H2,(H,19,20)/b3-1+,4-2+/t14-/m1/s1. The minimum atomic E-state index is -0.914. The van der Waals surface area contributed by atoms with Crippen molar-refractivity contribution in [1.29, 1.82) is 0 Å². The lowest BCUT2D eigenvalue weighted by molar-refractivity contribution is -0.137. The van der Waals surface area contributed by atoms with E-state index in [1.54, 1.807) is 48.6 Å². The predicted molar refractivity (Wildman–Crippen MR) is 76.9 cm³/mol. The fraction of sp³-hybridized carbons (Fsp3) is 0.200. The first-order chi connectivity index (χ1) is 9.65. The number of hydrogen-bond acceptors (Lipinski definition) is 4. The number of anilines is 1. The second-order valence-electron chi connectivity index (χ2n) is 4.08. The number of carbonyl (C=O) groups excluding carboxylic acids is 1. The maximum Gasteiger partial charge on any atom is 0.305 e. The Kier molecular flexibility index (Phi) is 6.78. The molecular formula is C15H17NO4. The quantitative estimate of drug-likeness (QED) is 0.498. The Morgan fingerprint density at radius 1 is 1.25 bits per heavy atom. The van der Waals surface area contributed by atoms with Gasteiger partial charge in [0.2, 0.25) is 0 Å². The number of carboxylic acid groups (broad SMARTS) is 1. The van der Waals surface area contributed by atoms with Gasteiger partial charge in [-0.1, -0.05) is 24.3 Å². The minimum absolute atomic E-state index is 0.0610. The van der Waals surface area contributed by atoms with Crippen molar-refractivity contribution in [3.8, 4) is 0 Å². The Balaban J connectivity index is 2.71. The van der Waals surface area contributed by atoms with E-state index in [2.05, 4.69) is 5.32 Å². The van der Waals surface area contributed by atoms with E-state index in [1.807, 2.05) is 0 Å². The van der Waals surface area contributed by atoms with Crippen LogP contribution in [0.2, 0.25) is 0 Å². The van der Waals surface area contributed by atoms with Crippen LogP contribution >= 0.6 is 0 Å². The number of aliphatic hydroxyl groups is 1. The Morgan fingerprint density at radius 3 is 2.50 bits per heavy atom. The molecule has 0 bridgehead atoms. The summed E-state index contributed by atoms with van der Waals surface area (Å²) < 4.78 is 0. The van der Waals surface area contributed by atoms with Crippen LogP contribution < -0.4 is 5.32 Å². The molecule has 1 atom stereocenters. The fourth-order valence-corrected chi connectivity index (χ4v) is 1.56. The van der Waals surface area contributed by atoms with E-state index < -0.39 is 5.97 Å². The Hall–Kier alpha value is -2.40. The van der Waals surface area contributed by atoms with Gasteiger partial charge in [0, 0.05) is 11.3 Å². The van der Waals surface area contributed by atoms with Crippen LogP contribution in [0, 0.1) is 0 Å². The summed E-state index contributed by atoms with van der Waals surface area (Å²) in [5.41, 5.74) is 1.30. The summed E-state index contributed by atoms with van der Waals surface area (Å²) in [7, 11) is 0. The highest BCUT2D eigenvalue weighted by atomic mass is 16.4. The monoisotopic (exact) mass is 275 g/mol. The second-order valence-corrected chi connectivity index (χ2v) is 4.08. The van der Waals surface area contributed by atoms with Crippen LogP contribution in [-0.4, -0.2) is 35.1 Å². The van der Waals surface area contributed by atoms with E-state index in [1.165, 1.54) is 0 Å². The van der Waals surface area contributed by atoms with E-state index in [4.69, 9.17) is 10.2 Å². The molecule has 0 saturated carbocycles. The van der Waals surface area contributed by atoms with Crippen molar-refractivity contribution in [1.82, 2.24) is 0 Å². The molecule has 0 fully saturated rings. The lowest BCUT2D eigenvalue weighted by Gasteiger charge is -2.14. The number of aliphatic carboxylic acids is 1. The molecule has 0 radical (unpaired) electrons. The lowest BCUT2D eigenvalue weighted by Crippen LogP contribution is -2.20. The lowest BCUT2D eigenvalue weighted by atomic mass is 10.1. The molecule has 0 aliphatic heterocycles. The first-order valence-electron chi connectivity index (χ1n) is 6.13. The average Bonchev–Trinajstić information content (AvgIpc) is 2.43. The van der Waals surface area contributed by atoms with Gasteiger partial charge in [0.15, 0.2) is 0 Å². The predicted octanol–water partition coefficient (Wildman–Crippen LogP) is 1.86. The van der Waals surface area contributed by atoms with Crippen molar-refractivity contribution in [2.24, 2.45) is 0 Å². The van der Waals surface area contributed by atoms with Crippen molar-refractivity contribution >= 4 is 17.9 Å². The zero-order valence-electron chi connectivity index (χ0n) is 10.9. The minimum Gasteiger partial charge on any atom is -0.481 e. The van der Waals surface area contributed by atoms with Gasteiger partial charge in [-0.25, -0.2) is 0 Å². The summed E-state index contributed by atoms with van der Waals surface area (Å²) >= 11 is 0. The van der Waals surface area contributed by atoms with E-state index in [0.717, 1.165) is 12.0 Å². The van der Waals surface area contributed by atoms with Gasteiger partial charge in [-0.3, -0.25) is 9.59 Å². The average molecular weight is 275 g/mol. The zero-order valence-corrected chi connectivity index (χ0v) is 10.9. The summed E-state index contributed by atoms with van der Waals surface area (Å²) in [6.45, 7) is -0.0610. The number of carboxylic acids is 1. The number of benzene rings is 1. The van der Waals surface area contributed by atoms with E-state index in [-0.39, 0.29) is 19.1 Å². The smallest absolute Gasteiger partial charge is 0.305 e. The van der Waals surface area contributed by atoms with Crippen molar-refractivity contribution in [2.45, 2.75) is 12.5 Å². The third-order valence-electron chi connectivity index (χ3n) is 2.49. The van der Waals surface area contributed by atoms with Crippen LogP contribution in [0.15, 0.2) is 48.6 Å². The van der Waals surface area contributed by atoms with E-state index >= 15 is 0 Å². The number of nitrogens with one attached hydrogen (secondary N) is 1. The number of allylic oxidation sites excluding steroid dienone is 2. The highest BCUT2D eigenvalue weighted by Crippen LogP contribution is 2.12. The number of aldehydes is 1. The molecule has 0 heterocycles. The van der Waals surface area contributed by atoms with Gasteiger partial charge in [-0.05, 0) is 24.3 Å². The van der Waals surface area contributed by atoms with Crippen LogP contribution in [-0.2, 0) is 4.79 Å². The molecule has 5 nitrogen and oxygen atoms in total. The first kappa shape index (κ1) is 15.7. The zero-order chi connectivity index (χ0) is 14.8. The Morgan fingerprint density at radius 2 is 1.95 bits per heavy atom. The van der Waals surface area contributed by atoms with Gasteiger partial charge < -0.3 is 15.5 Å². The van der Waals surface area contributed by atoms with Crippen molar-refractivity contribution < 1.29 is 19.8 Å². The molecule has 1 aromatic carbocycles. The topological polar surface area (TPSA) is 86.6 Å². The molecule has 0 amide bonds. The molecule has 0 spiro atoms. The SMILES string of the molecule is O=Cc1ccc(N[C@H](/C=C/C=C/CO)CC(=O)O)cc1. The van der Waals surface area contributed by atoms with E-state index in [0.29, 0.717) is 5.56 Å². The molecular weight excluding hydrogens is 258 g/mol. The van der Waals surface area contributed by atoms with Gasteiger partial charge in [-0.15, -0.1) is 0 Å². The van der Waals surface area contributed by atoms with Crippen LogP contribution in [0.3, 0.4) is 0 Å². The Labute approximate surface area is 117 Å². The molecule has 1 rings (SSSR count). The largest absolute Gasteiger partial charge is 0.481 e. The van der Waals surface area contributed by atoms with E-state index in [9.17, 15) is 9.59 Å². The first-order valence-corrected chi connectivity index (χ1v) is 6.13. The third-order valence-corrected chi connectivity index (χ3v) is 2.49. The van der Waals surface area contributed by atoms with Crippen LogP contribution in [0.5, 0.6) is 0 Å². The summed E-state index contributed by atoms with van der Waals surface area (Å²) in [6, 6.07) is 6.37. The van der Waals surface area contributed by atoms with Crippen molar-refractivity contribution in [2.75, 3.05) is 11.9 Å². The summed E-state index contributed by atoms with van der Waals surface area (Å²) in [6.07, 6.45) is 7.25. The van der Waals surface area contributed by atoms with Crippen molar-refractivity contribution in [3.05, 3.63) is 54.1 Å². The van der Waals surface area contributed by atoms with Gasteiger partial charge in [0.25, 0.3) is 0 Å². The van der Waals surface area contributed by atoms with Gasteiger partial charge in [-0.2, -0.15) is 0 Å². The molecule has 106 valence electrons. The maximum absolute atomic E-state index is 10.8. The molecule has 0 unspecified atom stereocenters. The molecule has 1 aromatic rings. The van der Waals surface area contributed by atoms with Gasteiger partial charge in [0.1, 0.15) is 6.29 Å². The van der Waals surface area contributed by atoms with Crippen LogP contribution in [0.4, 0.5) is 5.69 Å². The highest BCUT2D eigenvalue weighted by Gasteiger charge is 2.09. The third kappa shape index (κ3) is 5.97. The molecule has 0 saturated heterocycles. The maximum atomic E-state index is 10.8. The molecule has 5 heteroatoms. The number of hydrogen-bond donors (Lipinski definition) is 3. The highest BCUT2D eigenvalue weighted by molar-refractivity contribution is 5.75. The van der Waals surface area contributed by atoms with Gasteiger partial charge >= 0.3 is 5.97 Å². The number of aliphatic hydroxyl groups excluding tert-OH is 1. The van der Waals surface area contributed by atoms with Crippen molar-refractivity contribution in [3.63, 3.8) is 0 Å². The second kappa shape index (κ2) is 8.66. The normalized spacial score (nSPS) is 12.7. The molecule has 0 aromatic heterocycles. The van der Waals surface area contributed by atoms with Crippen LogP contribution in [0.1, 0.15) is 16.8 Å². The molecule has 0 aliphatic carbocycles. The molecule has 20 heavy (non-hydrogen) atoms. The van der Waals surface area contributed by atoms with Gasteiger partial charge in [0.05, 0.1) is 19.1 Å². The number of rotatable bonds is 8. The molecule has 0 aliphatic rings. The number of carbonyl (C=O) groups is 2. The molecule has 3 N–H and O–H groups in total. The fourth-order valence-electron chi connectivity index (χ4n) is 1.56.